The van der Waals surface area contributed by atoms with Gasteiger partial charge < -0.3 is 14.5 Å². The fourth-order valence-corrected chi connectivity index (χ4v) is 1.99. The van der Waals surface area contributed by atoms with Gasteiger partial charge in [-0.05, 0) is 12.1 Å². The maximum Gasteiger partial charge on any atom is 0.303 e. The first-order chi connectivity index (χ1) is 12.0. The summed E-state index contributed by atoms with van der Waals surface area (Å²) in [6, 6.07) is 3.37. The van der Waals surface area contributed by atoms with Crippen LogP contribution in [-0.4, -0.2) is 37.2 Å². The zero-order valence-corrected chi connectivity index (χ0v) is 12.6. The molecular weight excluding hydrogens is 332 g/mol. The molecule has 25 heavy (non-hydrogen) atoms. The smallest absolute Gasteiger partial charge is 0.303 e. The molecular formula is C14H12N6O5. The number of nitrogens with zero attached hydrogens (tertiary/aromatic N) is 3. The quantitative estimate of drug-likeness (QED) is 0.360. The van der Waals surface area contributed by atoms with E-state index >= 15 is 0 Å². The molecule has 11 nitrogen and oxygen atoms in total. The summed E-state index contributed by atoms with van der Waals surface area (Å²) in [4.78, 5) is 47.3. The van der Waals surface area contributed by atoms with Crippen LogP contribution in [0.5, 0.6) is 0 Å². The monoisotopic (exact) mass is 344 g/mol. The number of hydrogen-bond acceptors (Lipinski definition) is 8. The molecule has 0 bridgehead atoms. The van der Waals surface area contributed by atoms with Crippen LogP contribution < -0.4 is 16.5 Å². The van der Waals surface area contributed by atoms with Crippen molar-refractivity contribution in [1.29, 1.82) is 0 Å². The highest BCUT2D eigenvalue weighted by atomic mass is 16.4. The Morgan fingerprint density at radius 2 is 2.16 bits per heavy atom. The second-order valence-corrected chi connectivity index (χ2v) is 4.90. The number of aryl methyl sites for hydroxylation is 1. The van der Waals surface area contributed by atoms with Gasteiger partial charge in [0.2, 0.25) is 5.95 Å². The highest BCUT2D eigenvalue weighted by molar-refractivity contribution is 5.76. The highest BCUT2D eigenvalue weighted by Crippen LogP contribution is 2.04. The van der Waals surface area contributed by atoms with Gasteiger partial charge in [-0.15, -0.1) is 0 Å². The van der Waals surface area contributed by atoms with Crippen LogP contribution in [0.2, 0.25) is 0 Å². The Hall–Kier alpha value is -3.76. The van der Waals surface area contributed by atoms with Crippen LogP contribution in [0.3, 0.4) is 0 Å². The third-order valence-corrected chi connectivity index (χ3v) is 3.12. The van der Waals surface area contributed by atoms with E-state index in [1.807, 2.05) is 0 Å². The summed E-state index contributed by atoms with van der Waals surface area (Å²) in [5, 5.41) is 12.5. The van der Waals surface area contributed by atoms with Crippen LogP contribution in [0.4, 0.5) is 5.95 Å². The Morgan fingerprint density at radius 3 is 2.88 bits per heavy atom. The maximum atomic E-state index is 12.1. The third-order valence-electron chi connectivity index (χ3n) is 3.12. The van der Waals surface area contributed by atoms with Crippen LogP contribution in [0, 0.1) is 0 Å². The Kier molecular flexibility index (Phi) is 4.37. The number of hydrogen-bond donors (Lipinski definition) is 4. The number of aliphatic carboxylic acids is 1. The van der Waals surface area contributed by atoms with Crippen molar-refractivity contribution in [2.75, 3.05) is 5.43 Å². The van der Waals surface area contributed by atoms with Gasteiger partial charge in [-0.1, -0.05) is 0 Å². The summed E-state index contributed by atoms with van der Waals surface area (Å²) in [5.41, 5.74) is 1.12. The van der Waals surface area contributed by atoms with E-state index in [1.54, 1.807) is 12.1 Å². The summed E-state index contributed by atoms with van der Waals surface area (Å²) in [7, 11) is 0. The molecule has 0 aliphatic rings. The summed E-state index contributed by atoms with van der Waals surface area (Å²) in [6.07, 6.45) is 2.50. The normalized spacial score (nSPS) is 11.2. The highest BCUT2D eigenvalue weighted by Gasteiger charge is 2.11. The van der Waals surface area contributed by atoms with Crippen LogP contribution in [-0.2, 0) is 11.2 Å². The second-order valence-electron chi connectivity index (χ2n) is 4.90. The average Bonchev–Trinajstić information content (AvgIpc) is 3.06. The molecule has 4 N–H and O–H groups in total. The van der Waals surface area contributed by atoms with Crippen molar-refractivity contribution >= 4 is 29.3 Å². The zero-order valence-electron chi connectivity index (χ0n) is 12.6. The van der Waals surface area contributed by atoms with Gasteiger partial charge in [0.25, 0.3) is 11.1 Å². The van der Waals surface area contributed by atoms with E-state index in [0.29, 0.717) is 5.76 Å². The predicted octanol–water partition coefficient (Wildman–Crippen LogP) is 0.0626. The lowest BCUT2D eigenvalue weighted by molar-refractivity contribution is -0.136. The number of aromatic amines is 2. The number of hydrazone groups is 1. The molecule has 3 aromatic rings. The molecule has 0 saturated heterocycles. The summed E-state index contributed by atoms with van der Waals surface area (Å²) < 4.78 is 5.05. The molecule has 11 heteroatoms. The first-order valence-electron chi connectivity index (χ1n) is 7.10. The lowest BCUT2D eigenvalue weighted by Gasteiger charge is -2.03. The third kappa shape index (κ3) is 3.77. The van der Waals surface area contributed by atoms with Crippen molar-refractivity contribution in [3.8, 4) is 0 Å². The lowest BCUT2D eigenvalue weighted by Crippen LogP contribution is -2.22. The van der Waals surface area contributed by atoms with Gasteiger partial charge in [0.05, 0.1) is 18.9 Å². The topological polar surface area (TPSA) is 166 Å². The number of carboxylic acid groups (broad SMARTS) is 1. The fourth-order valence-electron chi connectivity index (χ4n) is 1.99. The van der Waals surface area contributed by atoms with E-state index in [9.17, 15) is 14.4 Å². The largest absolute Gasteiger partial charge is 0.481 e. The van der Waals surface area contributed by atoms with E-state index in [1.165, 1.54) is 12.5 Å². The van der Waals surface area contributed by atoms with Gasteiger partial charge >= 0.3 is 5.97 Å². The molecule has 0 atom stereocenters. The maximum absolute atomic E-state index is 12.1. The van der Waals surface area contributed by atoms with Gasteiger partial charge in [-0.2, -0.15) is 10.1 Å². The van der Waals surface area contributed by atoms with Crippen LogP contribution >= 0.6 is 0 Å². The van der Waals surface area contributed by atoms with Gasteiger partial charge in [0, 0.05) is 6.42 Å². The SMILES string of the molecule is O=C(O)CCc1nc2c(=O)[nH]c(N/N=C/c3ccco3)nc2[nH]c1=O. The molecule has 0 aromatic carbocycles. The number of aromatic nitrogens is 4. The first-order valence-corrected chi connectivity index (χ1v) is 7.10. The van der Waals surface area contributed by atoms with Gasteiger partial charge in [0.1, 0.15) is 11.5 Å². The summed E-state index contributed by atoms with van der Waals surface area (Å²) in [5.74, 6) is -0.577. The van der Waals surface area contributed by atoms with Crippen LogP contribution in [0.1, 0.15) is 17.9 Å². The van der Waals surface area contributed by atoms with Crippen molar-refractivity contribution in [3.05, 3.63) is 50.6 Å². The van der Waals surface area contributed by atoms with Gasteiger partial charge in [0.15, 0.2) is 11.2 Å². The van der Waals surface area contributed by atoms with Crippen molar-refractivity contribution in [1.82, 2.24) is 19.9 Å². The first kappa shape index (κ1) is 16.1. The van der Waals surface area contributed by atoms with E-state index in [0.717, 1.165) is 0 Å². The number of nitrogens with one attached hydrogen (secondary N) is 3. The van der Waals surface area contributed by atoms with Gasteiger partial charge in [-0.3, -0.25) is 19.4 Å². The summed E-state index contributed by atoms with van der Waals surface area (Å²) >= 11 is 0. The number of rotatable bonds is 6. The molecule has 3 rings (SSSR count). The number of furan rings is 1. The molecule has 0 aliphatic heterocycles. The number of carboxylic acids is 1. The molecule has 0 fully saturated rings. The van der Waals surface area contributed by atoms with E-state index in [-0.39, 0.29) is 35.6 Å². The average molecular weight is 344 g/mol. The molecule has 0 unspecified atom stereocenters. The lowest BCUT2D eigenvalue weighted by atomic mass is 10.2. The molecule has 128 valence electrons. The number of fused-ring (bicyclic) bond motifs is 1. The molecule has 0 saturated carbocycles. The Bertz CT molecular complexity index is 1050. The van der Waals surface area contributed by atoms with Crippen molar-refractivity contribution in [2.45, 2.75) is 12.8 Å². The van der Waals surface area contributed by atoms with E-state index in [2.05, 4.69) is 30.5 Å². The molecule has 0 aliphatic carbocycles. The minimum absolute atomic E-state index is 0.00366. The number of H-pyrrole nitrogens is 2. The molecule has 0 amide bonds. The fraction of sp³-hybridized carbons (Fsp3) is 0.143. The van der Waals surface area contributed by atoms with Gasteiger partial charge in [-0.25, -0.2) is 10.4 Å². The van der Waals surface area contributed by atoms with Crippen molar-refractivity contribution in [2.24, 2.45) is 5.10 Å². The number of carbonyl (C=O) groups is 1. The molecule has 0 spiro atoms. The second kappa shape index (κ2) is 6.78. The molecule has 3 aromatic heterocycles. The number of anilines is 1. The molecule has 3 heterocycles. The minimum Gasteiger partial charge on any atom is -0.481 e. The Morgan fingerprint density at radius 1 is 1.32 bits per heavy atom. The van der Waals surface area contributed by atoms with Crippen molar-refractivity contribution in [3.63, 3.8) is 0 Å². The van der Waals surface area contributed by atoms with E-state index in [4.69, 9.17) is 9.52 Å². The zero-order chi connectivity index (χ0) is 17.8. The van der Waals surface area contributed by atoms with Crippen LogP contribution in [0.15, 0.2) is 37.5 Å². The Labute approximate surface area is 138 Å². The van der Waals surface area contributed by atoms with Crippen LogP contribution in [0.25, 0.3) is 11.2 Å². The molecule has 0 radical (unpaired) electrons. The minimum atomic E-state index is -1.07. The summed E-state index contributed by atoms with van der Waals surface area (Å²) in [6.45, 7) is 0. The van der Waals surface area contributed by atoms with Crippen molar-refractivity contribution < 1.29 is 14.3 Å². The standard InChI is InChI=1S/C14H12N6O5/c21-9(22)4-3-8-12(23)17-11-10(16-8)13(24)19-14(18-11)20-15-6-7-2-1-5-25-7/h1-2,5-6H,3-4H2,(H,21,22)(H3,17,18,19,20,23,24)/b15-6+. The predicted molar refractivity (Wildman–Crippen MR) is 86.7 cm³/mol. The van der Waals surface area contributed by atoms with E-state index < -0.39 is 17.1 Å². The Balaban J connectivity index is 1.88.